The standard InChI is InChI=1S/C28H28ClN3O6/c1-36-24-12-5-18(15-25(24)37-2)13-14-32-26(33)16-23(28(32)35)30-31-27(34)20-6-3-19(4-7-20)17-38-22-10-8-21(29)9-11-22/h3-12,15,23,30H,13-14,16-17H2,1-2H3,(H,31,34)/t23-/m1/s1. The van der Waals surface area contributed by atoms with Gasteiger partial charge in [0.2, 0.25) is 11.8 Å². The molecule has 1 saturated heterocycles. The summed E-state index contributed by atoms with van der Waals surface area (Å²) in [5, 5.41) is 0.632. The third-order valence-corrected chi connectivity index (χ3v) is 6.36. The van der Waals surface area contributed by atoms with Crippen LogP contribution in [0.25, 0.3) is 0 Å². The van der Waals surface area contributed by atoms with Crippen LogP contribution in [0.4, 0.5) is 0 Å². The number of methoxy groups -OCH3 is 2. The predicted octanol–water partition coefficient (Wildman–Crippen LogP) is 3.54. The summed E-state index contributed by atoms with van der Waals surface area (Å²) in [5.41, 5.74) is 7.41. The van der Waals surface area contributed by atoms with Gasteiger partial charge in [-0.25, -0.2) is 5.43 Å². The highest BCUT2D eigenvalue weighted by atomic mass is 35.5. The van der Waals surface area contributed by atoms with E-state index in [2.05, 4.69) is 10.9 Å². The number of benzene rings is 3. The molecule has 2 N–H and O–H groups in total. The van der Waals surface area contributed by atoms with Gasteiger partial charge in [-0.05, 0) is 66.1 Å². The van der Waals surface area contributed by atoms with E-state index in [1.807, 2.05) is 12.1 Å². The summed E-state index contributed by atoms with van der Waals surface area (Å²) >= 11 is 5.88. The van der Waals surface area contributed by atoms with Crippen LogP contribution >= 0.6 is 11.6 Å². The summed E-state index contributed by atoms with van der Waals surface area (Å²) in [4.78, 5) is 39.0. The smallest absolute Gasteiger partial charge is 0.265 e. The van der Waals surface area contributed by atoms with Gasteiger partial charge in [0.25, 0.3) is 5.91 Å². The number of amides is 3. The number of hydrazine groups is 1. The van der Waals surface area contributed by atoms with E-state index in [0.29, 0.717) is 40.9 Å². The van der Waals surface area contributed by atoms with Crippen LogP contribution < -0.4 is 25.1 Å². The van der Waals surface area contributed by atoms with Gasteiger partial charge in [0.15, 0.2) is 11.5 Å². The Bertz CT molecular complexity index is 1300. The third kappa shape index (κ3) is 6.62. The molecule has 0 saturated carbocycles. The van der Waals surface area contributed by atoms with E-state index in [9.17, 15) is 14.4 Å². The highest BCUT2D eigenvalue weighted by Crippen LogP contribution is 2.28. The Labute approximate surface area is 225 Å². The van der Waals surface area contributed by atoms with Gasteiger partial charge in [-0.15, -0.1) is 0 Å². The Balaban J connectivity index is 1.25. The first-order chi connectivity index (χ1) is 18.4. The van der Waals surface area contributed by atoms with Crippen LogP contribution in [0.3, 0.4) is 0 Å². The lowest BCUT2D eigenvalue weighted by atomic mass is 10.1. The number of carbonyl (C=O) groups excluding carboxylic acids is 3. The SMILES string of the molecule is COc1ccc(CCN2C(=O)C[C@@H](NNC(=O)c3ccc(COc4ccc(Cl)cc4)cc3)C2=O)cc1OC. The van der Waals surface area contributed by atoms with Crippen LogP contribution in [-0.2, 0) is 22.6 Å². The van der Waals surface area contributed by atoms with E-state index in [1.165, 1.54) is 4.90 Å². The molecule has 10 heteroatoms. The molecule has 0 aliphatic carbocycles. The highest BCUT2D eigenvalue weighted by Gasteiger charge is 2.38. The number of likely N-dealkylation sites (tertiary alicyclic amines) is 1. The number of imide groups is 1. The minimum atomic E-state index is -0.830. The summed E-state index contributed by atoms with van der Waals surface area (Å²) in [7, 11) is 3.10. The van der Waals surface area contributed by atoms with Crippen molar-refractivity contribution < 1.29 is 28.6 Å². The van der Waals surface area contributed by atoms with Crippen molar-refractivity contribution in [3.63, 3.8) is 0 Å². The fraction of sp³-hybridized carbons (Fsp3) is 0.250. The zero-order chi connectivity index (χ0) is 27.1. The Hall–Kier alpha value is -4.08. The van der Waals surface area contributed by atoms with Crippen molar-refractivity contribution >= 4 is 29.3 Å². The van der Waals surface area contributed by atoms with E-state index >= 15 is 0 Å². The normalized spacial score (nSPS) is 14.9. The molecule has 0 bridgehead atoms. The van der Waals surface area contributed by atoms with Crippen LogP contribution in [0, 0.1) is 0 Å². The van der Waals surface area contributed by atoms with Crippen molar-refractivity contribution in [3.8, 4) is 17.2 Å². The van der Waals surface area contributed by atoms with Crippen LogP contribution in [0.15, 0.2) is 66.7 Å². The van der Waals surface area contributed by atoms with E-state index in [0.717, 1.165) is 11.1 Å². The lowest BCUT2D eigenvalue weighted by molar-refractivity contribution is -0.138. The minimum Gasteiger partial charge on any atom is -0.493 e. The van der Waals surface area contributed by atoms with Gasteiger partial charge >= 0.3 is 0 Å². The van der Waals surface area contributed by atoms with E-state index in [4.69, 9.17) is 25.8 Å². The van der Waals surface area contributed by atoms with Crippen molar-refractivity contribution in [1.82, 2.24) is 15.8 Å². The first-order valence-corrected chi connectivity index (χ1v) is 12.3. The average molecular weight is 538 g/mol. The molecule has 4 rings (SSSR count). The topological polar surface area (TPSA) is 106 Å². The molecule has 3 aromatic rings. The molecule has 38 heavy (non-hydrogen) atoms. The van der Waals surface area contributed by atoms with Crippen molar-refractivity contribution in [2.75, 3.05) is 20.8 Å². The van der Waals surface area contributed by atoms with Gasteiger partial charge < -0.3 is 14.2 Å². The molecule has 1 heterocycles. The van der Waals surface area contributed by atoms with Crippen LogP contribution in [-0.4, -0.2) is 49.4 Å². The van der Waals surface area contributed by atoms with Gasteiger partial charge in [0.1, 0.15) is 18.4 Å². The summed E-state index contributed by atoms with van der Waals surface area (Å²) in [5.74, 6) is 0.768. The molecule has 1 atom stereocenters. The van der Waals surface area contributed by atoms with Crippen molar-refractivity contribution in [2.24, 2.45) is 0 Å². The number of ether oxygens (including phenoxy) is 3. The number of halogens is 1. The molecule has 0 radical (unpaired) electrons. The van der Waals surface area contributed by atoms with Crippen molar-refractivity contribution in [1.29, 1.82) is 0 Å². The summed E-state index contributed by atoms with van der Waals surface area (Å²) < 4.78 is 16.2. The number of hydrogen-bond acceptors (Lipinski definition) is 7. The lowest BCUT2D eigenvalue weighted by Gasteiger charge is -2.16. The van der Waals surface area contributed by atoms with Crippen LogP contribution in [0.1, 0.15) is 27.9 Å². The first-order valence-electron chi connectivity index (χ1n) is 12.0. The summed E-state index contributed by atoms with van der Waals surface area (Å²) in [6.45, 7) is 0.554. The van der Waals surface area contributed by atoms with Crippen molar-refractivity contribution in [2.45, 2.75) is 25.5 Å². The molecule has 0 spiro atoms. The third-order valence-electron chi connectivity index (χ3n) is 6.11. The maximum Gasteiger partial charge on any atom is 0.265 e. The zero-order valence-electron chi connectivity index (χ0n) is 21.0. The number of rotatable bonds is 11. The average Bonchev–Trinajstić information content (AvgIpc) is 3.21. The molecular weight excluding hydrogens is 510 g/mol. The van der Waals surface area contributed by atoms with Gasteiger partial charge in [-0.1, -0.05) is 29.8 Å². The molecule has 0 aromatic heterocycles. The fourth-order valence-corrected chi connectivity index (χ4v) is 4.11. The summed E-state index contributed by atoms with van der Waals surface area (Å²) in [6, 6.07) is 18.6. The quantitative estimate of drug-likeness (QED) is 0.285. The number of nitrogens with one attached hydrogen (secondary N) is 2. The largest absolute Gasteiger partial charge is 0.493 e. The Kier molecular flexibility index (Phi) is 8.83. The number of hydrogen-bond donors (Lipinski definition) is 2. The van der Waals surface area contributed by atoms with Gasteiger partial charge in [-0.2, -0.15) is 0 Å². The Morgan fingerprint density at radius 3 is 2.32 bits per heavy atom. The summed E-state index contributed by atoms with van der Waals surface area (Å²) in [6.07, 6.45) is 0.428. The lowest BCUT2D eigenvalue weighted by Crippen LogP contribution is -2.48. The molecule has 3 amide bonds. The van der Waals surface area contributed by atoms with E-state index in [-0.39, 0.29) is 24.8 Å². The minimum absolute atomic E-state index is 0.0357. The van der Waals surface area contributed by atoms with Crippen molar-refractivity contribution in [3.05, 3.63) is 88.4 Å². The first kappa shape index (κ1) is 27.0. The highest BCUT2D eigenvalue weighted by molar-refractivity contribution is 6.30. The second kappa shape index (κ2) is 12.4. The van der Waals surface area contributed by atoms with Gasteiger partial charge in [0, 0.05) is 17.1 Å². The Morgan fingerprint density at radius 2 is 1.63 bits per heavy atom. The molecule has 3 aromatic carbocycles. The van der Waals surface area contributed by atoms with E-state index in [1.54, 1.807) is 68.8 Å². The fourth-order valence-electron chi connectivity index (χ4n) is 3.98. The Morgan fingerprint density at radius 1 is 0.947 bits per heavy atom. The molecule has 1 fully saturated rings. The van der Waals surface area contributed by atoms with Gasteiger partial charge in [0.05, 0.1) is 20.6 Å². The van der Waals surface area contributed by atoms with Gasteiger partial charge in [-0.3, -0.25) is 24.7 Å². The second-order valence-corrected chi connectivity index (χ2v) is 9.05. The zero-order valence-corrected chi connectivity index (χ0v) is 21.8. The molecule has 1 aliphatic heterocycles. The number of nitrogens with zero attached hydrogens (tertiary/aromatic N) is 1. The van der Waals surface area contributed by atoms with Crippen LogP contribution in [0.2, 0.25) is 5.02 Å². The van der Waals surface area contributed by atoms with Crippen LogP contribution in [0.5, 0.6) is 17.2 Å². The predicted molar refractivity (Wildman–Crippen MR) is 141 cm³/mol. The molecule has 1 aliphatic rings. The molecule has 9 nitrogen and oxygen atoms in total. The van der Waals surface area contributed by atoms with E-state index < -0.39 is 11.9 Å². The second-order valence-electron chi connectivity index (χ2n) is 8.62. The maximum atomic E-state index is 12.8. The molecular formula is C28H28ClN3O6. The maximum absolute atomic E-state index is 12.8. The monoisotopic (exact) mass is 537 g/mol. The molecule has 198 valence electrons. The number of carbonyl (C=O) groups is 3. The molecule has 0 unspecified atom stereocenters.